The smallest absolute Gasteiger partial charge is 0.245 e. The monoisotopic (exact) mass is 1140 g/mol. The number of nitrogens with zero attached hydrogens (tertiary/aromatic N) is 2. The Morgan fingerprint density at radius 1 is 0.691 bits per heavy atom. The van der Waals surface area contributed by atoms with Gasteiger partial charge in [-0.25, -0.2) is 0 Å². The molecule has 2 aromatic carbocycles. The molecule has 0 saturated carbocycles. The number of phenolic OH excluding ortho intramolecular Hbond substituents is 1. The molecular weight excluding hydrogens is 1050 g/mol. The molecule has 4 rings (SSSR count). The van der Waals surface area contributed by atoms with Gasteiger partial charge < -0.3 is 76.6 Å². The molecule has 1 aromatic heterocycles. The van der Waals surface area contributed by atoms with Crippen LogP contribution in [-0.2, 0) is 70.2 Å². The van der Waals surface area contributed by atoms with Gasteiger partial charge in [0.1, 0.15) is 42.6 Å². The number of ketones is 1. The van der Waals surface area contributed by atoms with E-state index >= 15 is 0 Å². The number of primary amides is 1. The van der Waals surface area contributed by atoms with Crippen molar-refractivity contribution in [1.29, 1.82) is 0 Å². The van der Waals surface area contributed by atoms with Gasteiger partial charge >= 0.3 is 0 Å². The van der Waals surface area contributed by atoms with Crippen LogP contribution in [0.1, 0.15) is 96.1 Å². The minimum Gasteiger partial charge on any atom is -0.508 e. The van der Waals surface area contributed by atoms with Gasteiger partial charge in [0, 0.05) is 69.0 Å². The van der Waals surface area contributed by atoms with Crippen LogP contribution in [0, 0.1) is 11.8 Å². The van der Waals surface area contributed by atoms with Crippen LogP contribution in [0.2, 0.25) is 0 Å². The van der Waals surface area contributed by atoms with Crippen molar-refractivity contribution >= 4 is 63.9 Å². The van der Waals surface area contributed by atoms with E-state index in [4.69, 9.17) is 19.9 Å². The van der Waals surface area contributed by atoms with E-state index in [-0.39, 0.29) is 69.6 Å². The van der Waals surface area contributed by atoms with Crippen molar-refractivity contribution in [3.63, 3.8) is 0 Å². The number of amides is 8. The van der Waals surface area contributed by atoms with Crippen molar-refractivity contribution < 1.29 is 72.7 Å². The first-order valence-corrected chi connectivity index (χ1v) is 27.9. The number of ether oxygens (including phenoxy) is 3. The SMILES string of the molecule is CC[C@H]1CCCCN(C(=O)CCOCCOCCOC)CCCCN(CC(=O)CO)C(=O)[C@H](CC(C)C)NC(=O)C(Cc2ccc(O)cc2)NC(=O)[C@H](CCC(N)=O)NC(=O)C(CO)NC(=O)[C@H](Cc2c[nH]c3ccccc23)NC1=O. The number of nitrogens with one attached hydrogen (secondary N) is 6. The summed E-state index contributed by atoms with van der Waals surface area (Å²) >= 11 is 0. The summed E-state index contributed by atoms with van der Waals surface area (Å²) in [6, 6.07) is 5.79. The zero-order valence-corrected chi connectivity index (χ0v) is 47.2. The molecule has 0 aliphatic carbocycles. The summed E-state index contributed by atoms with van der Waals surface area (Å²) in [5.41, 5.74) is 7.39. The number of rotatable bonds is 23. The minimum atomic E-state index is -1.70. The summed E-state index contributed by atoms with van der Waals surface area (Å²) in [4.78, 5) is 131. The number of Topliss-reactive ketones (excluding diaryl/α,β-unsaturated/α-hetero) is 1. The Labute approximate surface area is 473 Å². The molecule has 24 heteroatoms. The number of para-hydroxylation sites is 1. The van der Waals surface area contributed by atoms with E-state index in [0.717, 1.165) is 10.9 Å². The number of aromatic nitrogens is 1. The van der Waals surface area contributed by atoms with Crippen molar-refractivity contribution in [2.75, 3.05) is 79.5 Å². The first-order chi connectivity index (χ1) is 38.9. The Balaban J connectivity index is 1.74. The number of hydrogen-bond acceptors (Lipinski definition) is 15. The average Bonchev–Trinajstić information content (AvgIpc) is 3.92. The quantitative estimate of drug-likeness (QED) is 0.0584. The van der Waals surface area contributed by atoms with Crippen LogP contribution in [0.15, 0.2) is 54.7 Å². The summed E-state index contributed by atoms with van der Waals surface area (Å²) < 4.78 is 16.1. The summed E-state index contributed by atoms with van der Waals surface area (Å²) in [7, 11) is 1.57. The standard InChI is InChI=1S/C57H85N9O15/c1-5-39-12-8-9-22-65(51(72)21-25-80-28-29-81-27-26-79-4)23-10-11-24-66(34-42(70)35-67)57(78)48(30-37(2)3)63-54(75)46(31-38-15-17-41(69)18-16-38)62-53(74)45(19-20-50(58)71)60-56(77)49(36-68)64-55(76)47(61-52(39)73)32-40-33-59-44-14-7-6-13-43(40)44/h6-7,13-18,33,37,39,45-49,59,67-69H,5,8-12,19-32,34-36H2,1-4H3,(H2,58,71)(H,60,77)(H,61,73)(H,62,74)(H,63,75)(H,64,76)/t39-,45-,46?,47-,48-,49?/m0/s1. The second kappa shape index (κ2) is 35.7. The molecular formula is C57H85N9O15. The fourth-order valence-corrected chi connectivity index (χ4v) is 9.34. The largest absolute Gasteiger partial charge is 0.508 e. The second-order valence-electron chi connectivity index (χ2n) is 20.7. The third-order valence-electron chi connectivity index (χ3n) is 13.9. The van der Waals surface area contributed by atoms with E-state index in [1.807, 2.05) is 45.0 Å². The summed E-state index contributed by atoms with van der Waals surface area (Å²) in [5, 5.41) is 44.6. The fraction of sp³-hybridized carbons (Fsp3) is 0.596. The lowest BCUT2D eigenvalue weighted by Crippen LogP contribution is -2.60. The van der Waals surface area contributed by atoms with Gasteiger partial charge in [-0.3, -0.25) is 43.2 Å². The molecule has 0 bridgehead atoms. The van der Waals surface area contributed by atoms with Crippen molar-refractivity contribution in [2.24, 2.45) is 17.6 Å². The molecule has 24 nitrogen and oxygen atoms in total. The van der Waals surface area contributed by atoms with Crippen molar-refractivity contribution in [3.8, 4) is 5.75 Å². The van der Waals surface area contributed by atoms with Crippen molar-refractivity contribution in [2.45, 2.75) is 128 Å². The van der Waals surface area contributed by atoms with Crippen LogP contribution < -0.4 is 32.3 Å². The topological polar surface area (TPSA) is 350 Å². The van der Waals surface area contributed by atoms with E-state index in [2.05, 4.69) is 31.6 Å². The van der Waals surface area contributed by atoms with Gasteiger partial charge in [0.15, 0.2) is 5.78 Å². The number of carbonyl (C=O) groups is 9. The number of aromatic hydroxyl groups is 1. The number of hydrogen-bond donors (Lipinski definition) is 10. The molecule has 1 aliphatic rings. The minimum absolute atomic E-state index is 0.00104. The third-order valence-corrected chi connectivity index (χ3v) is 13.9. The summed E-state index contributed by atoms with van der Waals surface area (Å²) in [6.07, 6.45) is 3.23. The van der Waals surface area contributed by atoms with E-state index in [1.165, 1.54) is 29.2 Å². The Morgan fingerprint density at radius 3 is 1.93 bits per heavy atom. The van der Waals surface area contributed by atoms with Crippen molar-refractivity contribution in [1.82, 2.24) is 41.4 Å². The molecule has 6 atom stereocenters. The molecule has 11 N–H and O–H groups in total. The molecule has 1 fully saturated rings. The highest BCUT2D eigenvalue weighted by molar-refractivity contribution is 5.98. The Bertz CT molecular complexity index is 2510. The number of aliphatic hydroxyl groups is 2. The van der Waals surface area contributed by atoms with Crippen LogP contribution in [0.25, 0.3) is 10.9 Å². The number of fused-ring (bicyclic) bond motifs is 1. The number of aromatic amines is 1. The molecule has 3 aromatic rings. The van der Waals surface area contributed by atoms with Gasteiger partial charge in [0.05, 0.1) is 52.6 Å². The molecule has 8 amide bonds. The highest BCUT2D eigenvalue weighted by atomic mass is 16.5. The molecule has 448 valence electrons. The zero-order valence-electron chi connectivity index (χ0n) is 47.2. The average molecular weight is 1140 g/mol. The maximum Gasteiger partial charge on any atom is 0.245 e. The molecule has 1 aliphatic heterocycles. The maximum absolute atomic E-state index is 14.6. The number of aliphatic hydroxyl groups excluding tert-OH is 2. The zero-order chi connectivity index (χ0) is 59.3. The number of carbonyl (C=O) groups excluding carboxylic acids is 9. The number of benzene rings is 2. The van der Waals surface area contributed by atoms with Crippen LogP contribution in [0.4, 0.5) is 0 Å². The molecule has 1 saturated heterocycles. The molecule has 0 spiro atoms. The molecule has 2 heterocycles. The lowest BCUT2D eigenvalue weighted by molar-refractivity contribution is -0.140. The van der Waals surface area contributed by atoms with Gasteiger partial charge in [-0.2, -0.15) is 0 Å². The lowest BCUT2D eigenvalue weighted by atomic mass is 9.96. The van der Waals surface area contributed by atoms with E-state index in [9.17, 15) is 58.5 Å². The highest BCUT2D eigenvalue weighted by Crippen LogP contribution is 2.21. The van der Waals surface area contributed by atoms with Gasteiger partial charge in [-0.1, -0.05) is 57.5 Å². The summed E-state index contributed by atoms with van der Waals surface area (Å²) in [6.45, 7) is 5.25. The van der Waals surface area contributed by atoms with Gasteiger partial charge in [0.25, 0.3) is 0 Å². The highest BCUT2D eigenvalue weighted by Gasteiger charge is 2.35. The number of nitrogens with two attached hydrogens (primary N) is 1. The Hall–Kier alpha value is -6.99. The number of methoxy groups -OCH3 is 1. The maximum atomic E-state index is 14.6. The predicted molar refractivity (Wildman–Crippen MR) is 299 cm³/mol. The number of H-pyrrole nitrogens is 1. The predicted octanol–water partition coefficient (Wildman–Crippen LogP) is 0.665. The third kappa shape index (κ3) is 23.2. The molecule has 0 radical (unpaired) electrons. The first kappa shape index (κ1) is 66.5. The summed E-state index contributed by atoms with van der Waals surface area (Å²) in [5.74, 6) is -7.38. The first-order valence-electron chi connectivity index (χ1n) is 27.9. The van der Waals surface area contributed by atoms with E-state index < -0.39 is 116 Å². The lowest BCUT2D eigenvalue weighted by Gasteiger charge is -2.30. The Morgan fingerprint density at radius 2 is 1.27 bits per heavy atom. The molecule has 2 unspecified atom stereocenters. The Kier molecular flexibility index (Phi) is 29.3. The van der Waals surface area contributed by atoms with E-state index in [1.54, 1.807) is 18.2 Å². The molecule has 81 heavy (non-hydrogen) atoms. The van der Waals surface area contributed by atoms with Gasteiger partial charge in [0.2, 0.25) is 47.3 Å². The normalized spacial score (nSPS) is 21.2. The van der Waals surface area contributed by atoms with Crippen LogP contribution in [-0.4, -0.2) is 193 Å². The van der Waals surface area contributed by atoms with Crippen LogP contribution in [0.5, 0.6) is 5.75 Å². The fourth-order valence-electron chi connectivity index (χ4n) is 9.34. The van der Waals surface area contributed by atoms with Crippen LogP contribution >= 0.6 is 0 Å². The van der Waals surface area contributed by atoms with Crippen molar-refractivity contribution in [3.05, 3.63) is 65.9 Å². The van der Waals surface area contributed by atoms with Gasteiger partial charge in [-0.15, -0.1) is 0 Å². The second-order valence-corrected chi connectivity index (χ2v) is 20.7. The van der Waals surface area contributed by atoms with Gasteiger partial charge in [-0.05, 0) is 80.2 Å². The van der Waals surface area contributed by atoms with Crippen LogP contribution in [0.3, 0.4) is 0 Å². The number of phenols is 1. The van der Waals surface area contributed by atoms with E-state index in [0.29, 0.717) is 76.0 Å².